The highest BCUT2D eigenvalue weighted by atomic mass is 32.2. The van der Waals surface area contributed by atoms with E-state index in [2.05, 4.69) is 15.4 Å². The zero-order chi connectivity index (χ0) is 25.6. The van der Waals surface area contributed by atoms with Crippen molar-refractivity contribution in [3.63, 3.8) is 0 Å². The van der Waals surface area contributed by atoms with Crippen LogP contribution in [-0.4, -0.2) is 47.0 Å². The Kier molecular flexibility index (Phi) is 6.22. The molecule has 1 aliphatic heterocycles. The van der Waals surface area contributed by atoms with Gasteiger partial charge in [0.15, 0.2) is 17.0 Å². The Balaban J connectivity index is 1.73. The molecule has 0 unspecified atom stereocenters. The van der Waals surface area contributed by atoms with Crippen LogP contribution in [0.4, 0.5) is 32.2 Å². The summed E-state index contributed by atoms with van der Waals surface area (Å²) in [6, 6.07) is 9.93. The summed E-state index contributed by atoms with van der Waals surface area (Å²) < 4.78 is 105. The standard InChI is InChI=1S/C20H20F6N6O2S/c21-19(22,23)14-10-16(32-17(29-14)11-15(30-32)20(24,25)26)28-12-18(13-4-2-1-3-5-13)6-8-31(9-7-18)35(27,33)34/h1-5,10-11,28H,6-9,12H2,(H2,27,33,34). The number of halogens is 6. The monoisotopic (exact) mass is 522 g/mol. The minimum atomic E-state index is -4.90. The first-order valence-corrected chi connectivity index (χ1v) is 11.8. The number of nitrogens with one attached hydrogen (secondary N) is 1. The summed E-state index contributed by atoms with van der Waals surface area (Å²) in [6.07, 6.45) is -9.24. The Morgan fingerprint density at radius 3 is 2.11 bits per heavy atom. The fourth-order valence-electron chi connectivity index (χ4n) is 4.17. The van der Waals surface area contributed by atoms with Gasteiger partial charge in [-0.1, -0.05) is 30.3 Å². The molecule has 0 amide bonds. The number of anilines is 1. The Morgan fingerprint density at radius 1 is 0.971 bits per heavy atom. The molecule has 0 atom stereocenters. The Hall–Kier alpha value is -2.91. The van der Waals surface area contributed by atoms with E-state index in [4.69, 9.17) is 5.14 Å². The van der Waals surface area contributed by atoms with Crippen LogP contribution in [-0.2, 0) is 28.0 Å². The summed E-state index contributed by atoms with van der Waals surface area (Å²) in [4.78, 5) is 3.30. The van der Waals surface area contributed by atoms with Crippen molar-refractivity contribution in [3.8, 4) is 0 Å². The average molecular weight is 522 g/mol. The number of aromatic nitrogens is 3. The van der Waals surface area contributed by atoms with Crippen LogP contribution in [0.25, 0.3) is 5.65 Å². The number of rotatable bonds is 5. The van der Waals surface area contributed by atoms with Crippen molar-refractivity contribution in [2.24, 2.45) is 5.14 Å². The van der Waals surface area contributed by atoms with Crippen molar-refractivity contribution < 1.29 is 34.8 Å². The first-order valence-electron chi connectivity index (χ1n) is 10.3. The maximum Gasteiger partial charge on any atom is 0.435 e. The molecule has 1 fully saturated rings. The minimum Gasteiger partial charge on any atom is -0.369 e. The SMILES string of the molecule is NS(=O)(=O)N1CCC(CNc2cc(C(F)(F)F)nc3cc(C(F)(F)F)nn23)(c2ccccc2)CC1. The highest BCUT2D eigenvalue weighted by Gasteiger charge is 2.40. The first-order chi connectivity index (χ1) is 16.2. The molecule has 2 aromatic heterocycles. The predicted octanol–water partition coefficient (Wildman–Crippen LogP) is 3.42. The van der Waals surface area contributed by atoms with Crippen molar-refractivity contribution in [3.05, 3.63) is 59.4 Å². The summed E-state index contributed by atoms with van der Waals surface area (Å²) in [5, 5.41) is 11.5. The molecular weight excluding hydrogens is 502 g/mol. The van der Waals surface area contributed by atoms with E-state index in [1.165, 1.54) is 0 Å². The maximum atomic E-state index is 13.4. The maximum absolute atomic E-state index is 13.4. The molecular formula is C20H20F6N6O2S. The van der Waals surface area contributed by atoms with Gasteiger partial charge in [0.2, 0.25) is 0 Å². The second-order valence-electron chi connectivity index (χ2n) is 8.27. The number of piperidine rings is 1. The smallest absolute Gasteiger partial charge is 0.369 e. The highest BCUT2D eigenvalue weighted by molar-refractivity contribution is 7.86. The first kappa shape index (κ1) is 25.2. The van der Waals surface area contributed by atoms with Gasteiger partial charge in [0, 0.05) is 37.2 Å². The van der Waals surface area contributed by atoms with Gasteiger partial charge < -0.3 is 5.32 Å². The summed E-state index contributed by atoms with van der Waals surface area (Å²) in [5.74, 6) is -0.331. The fraction of sp³-hybridized carbons (Fsp3) is 0.400. The molecule has 3 N–H and O–H groups in total. The van der Waals surface area contributed by atoms with Crippen molar-refractivity contribution in [1.29, 1.82) is 0 Å². The molecule has 1 aliphatic rings. The van der Waals surface area contributed by atoms with E-state index in [-0.39, 0.29) is 38.3 Å². The Bertz CT molecular complexity index is 1320. The van der Waals surface area contributed by atoms with Gasteiger partial charge in [0.05, 0.1) is 0 Å². The topological polar surface area (TPSA) is 106 Å². The number of alkyl halides is 6. The third-order valence-electron chi connectivity index (χ3n) is 6.04. The zero-order valence-corrected chi connectivity index (χ0v) is 18.8. The zero-order valence-electron chi connectivity index (χ0n) is 17.9. The number of hydrogen-bond acceptors (Lipinski definition) is 5. The number of benzene rings is 1. The van der Waals surface area contributed by atoms with Crippen LogP contribution in [0.3, 0.4) is 0 Å². The second-order valence-corrected chi connectivity index (χ2v) is 9.81. The highest BCUT2D eigenvalue weighted by Crippen LogP contribution is 2.37. The summed E-state index contributed by atoms with van der Waals surface area (Å²) in [6.45, 7) is 0.122. The van der Waals surface area contributed by atoms with Crippen molar-refractivity contribution in [1.82, 2.24) is 18.9 Å². The fourth-order valence-corrected chi connectivity index (χ4v) is 4.86. The van der Waals surface area contributed by atoms with Gasteiger partial charge in [-0.2, -0.15) is 48.7 Å². The van der Waals surface area contributed by atoms with Crippen LogP contribution in [0.15, 0.2) is 42.5 Å². The van der Waals surface area contributed by atoms with Crippen LogP contribution >= 0.6 is 0 Å². The molecule has 8 nitrogen and oxygen atoms in total. The van der Waals surface area contributed by atoms with Gasteiger partial charge in [0.1, 0.15) is 5.82 Å². The van der Waals surface area contributed by atoms with E-state index in [9.17, 15) is 34.8 Å². The molecule has 3 aromatic rings. The van der Waals surface area contributed by atoms with Crippen molar-refractivity contribution >= 4 is 21.7 Å². The molecule has 0 spiro atoms. The number of nitrogens with zero attached hydrogens (tertiary/aromatic N) is 4. The van der Waals surface area contributed by atoms with E-state index >= 15 is 0 Å². The van der Waals surface area contributed by atoms with Gasteiger partial charge in [-0.3, -0.25) is 0 Å². The summed E-state index contributed by atoms with van der Waals surface area (Å²) in [7, 11) is -3.93. The van der Waals surface area contributed by atoms with E-state index in [0.29, 0.717) is 16.6 Å². The Labute approximate surface area is 195 Å². The largest absolute Gasteiger partial charge is 0.435 e. The van der Waals surface area contributed by atoms with Crippen LogP contribution in [0.2, 0.25) is 0 Å². The van der Waals surface area contributed by atoms with Crippen molar-refractivity contribution in [2.75, 3.05) is 25.0 Å². The van der Waals surface area contributed by atoms with E-state index in [0.717, 1.165) is 9.87 Å². The lowest BCUT2D eigenvalue weighted by molar-refractivity contribution is -0.142. The molecule has 0 radical (unpaired) electrons. The Morgan fingerprint density at radius 2 is 1.57 bits per heavy atom. The average Bonchev–Trinajstić information content (AvgIpc) is 3.22. The number of hydrogen-bond donors (Lipinski definition) is 2. The van der Waals surface area contributed by atoms with Crippen molar-refractivity contribution in [2.45, 2.75) is 30.6 Å². The molecule has 3 heterocycles. The van der Waals surface area contributed by atoms with Gasteiger partial charge >= 0.3 is 12.4 Å². The quantitative estimate of drug-likeness (QED) is 0.500. The molecule has 4 rings (SSSR count). The van der Waals surface area contributed by atoms with Gasteiger partial charge in [0.25, 0.3) is 10.2 Å². The normalized spacial score (nSPS) is 17.6. The van der Waals surface area contributed by atoms with Crippen LogP contribution in [0.5, 0.6) is 0 Å². The molecule has 15 heteroatoms. The lowest BCUT2D eigenvalue weighted by atomic mass is 9.73. The molecule has 0 bridgehead atoms. The van der Waals surface area contributed by atoms with Gasteiger partial charge in [-0.05, 0) is 18.4 Å². The molecule has 0 aliphatic carbocycles. The van der Waals surface area contributed by atoms with E-state index in [1.807, 2.05) is 0 Å². The molecule has 1 saturated heterocycles. The lowest BCUT2D eigenvalue weighted by Crippen LogP contribution is -2.49. The summed E-state index contributed by atoms with van der Waals surface area (Å²) >= 11 is 0. The van der Waals surface area contributed by atoms with Gasteiger partial charge in [-0.15, -0.1) is 0 Å². The summed E-state index contributed by atoms with van der Waals surface area (Å²) in [5.41, 5.74) is -3.33. The van der Waals surface area contributed by atoms with Crippen LogP contribution in [0, 0.1) is 0 Å². The molecule has 35 heavy (non-hydrogen) atoms. The lowest BCUT2D eigenvalue weighted by Gasteiger charge is -2.41. The number of fused-ring (bicyclic) bond motifs is 1. The molecule has 1 aromatic carbocycles. The van der Waals surface area contributed by atoms with E-state index in [1.54, 1.807) is 30.3 Å². The second kappa shape index (κ2) is 8.64. The molecule has 190 valence electrons. The van der Waals surface area contributed by atoms with Crippen LogP contribution in [0.1, 0.15) is 29.8 Å². The molecule has 0 saturated carbocycles. The predicted molar refractivity (Wildman–Crippen MR) is 114 cm³/mol. The van der Waals surface area contributed by atoms with E-state index < -0.39 is 45.0 Å². The van der Waals surface area contributed by atoms with Crippen LogP contribution < -0.4 is 10.5 Å². The minimum absolute atomic E-state index is 0.00685. The third kappa shape index (κ3) is 5.21. The third-order valence-corrected chi connectivity index (χ3v) is 7.13. The number of nitrogens with two attached hydrogens (primary N) is 1. The van der Waals surface area contributed by atoms with Gasteiger partial charge in [-0.25, -0.2) is 10.1 Å².